The minimum Gasteiger partial charge on any atom is -0.331 e. The predicted molar refractivity (Wildman–Crippen MR) is 108 cm³/mol. The molecular formula is C21H30N4O. The van der Waals surface area contributed by atoms with Crippen LogP contribution in [0.4, 0.5) is 10.5 Å². The first-order chi connectivity index (χ1) is 12.2. The fraction of sp³-hybridized carbons (Fsp3) is 0.429. The normalized spacial score (nSPS) is 10.9. The molecule has 0 unspecified atom stereocenters. The molecule has 5 nitrogen and oxygen atoms in total. The van der Waals surface area contributed by atoms with Crippen molar-refractivity contribution in [3.63, 3.8) is 0 Å². The first-order valence-corrected chi connectivity index (χ1v) is 9.02. The van der Waals surface area contributed by atoms with Crippen molar-refractivity contribution in [2.45, 2.75) is 40.7 Å². The van der Waals surface area contributed by atoms with E-state index in [0.29, 0.717) is 12.5 Å². The monoisotopic (exact) mass is 354 g/mol. The molecule has 0 atom stereocenters. The van der Waals surface area contributed by atoms with Crippen molar-refractivity contribution < 1.29 is 4.79 Å². The summed E-state index contributed by atoms with van der Waals surface area (Å²) in [6.45, 7) is 8.72. The Labute approximate surface area is 156 Å². The maximum atomic E-state index is 12.3. The first-order valence-electron chi connectivity index (χ1n) is 9.02. The number of carbonyl (C=O) groups excluding carboxylic acids is 1. The van der Waals surface area contributed by atoms with Crippen molar-refractivity contribution in [2.24, 2.45) is 11.7 Å². The maximum Gasteiger partial charge on any atom is 0.321 e. The third-order valence-corrected chi connectivity index (χ3v) is 4.35. The Morgan fingerprint density at radius 3 is 2.31 bits per heavy atom. The van der Waals surface area contributed by atoms with E-state index < -0.39 is 0 Å². The van der Waals surface area contributed by atoms with Crippen LogP contribution in [0, 0.1) is 19.8 Å². The molecule has 3 N–H and O–H groups in total. The molecular weight excluding hydrogens is 324 g/mol. The minimum atomic E-state index is -0.178. The van der Waals surface area contributed by atoms with E-state index in [9.17, 15) is 4.79 Å². The summed E-state index contributed by atoms with van der Waals surface area (Å²) >= 11 is 0. The van der Waals surface area contributed by atoms with Crippen LogP contribution in [0.15, 0.2) is 24.3 Å². The molecule has 0 saturated carbocycles. The highest BCUT2D eigenvalue weighted by Crippen LogP contribution is 2.36. The highest BCUT2D eigenvalue weighted by molar-refractivity contribution is 5.96. The van der Waals surface area contributed by atoms with E-state index >= 15 is 0 Å². The molecule has 0 saturated heterocycles. The topological polar surface area (TPSA) is 71.2 Å². The summed E-state index contributed by atoms with van der Waals surface area (Å²) < 4.78 is 0. The van der Waals surface area contributed by atoms with Gasteiger partial charge in [-0.2, -0.15) is 0 Å². The van der Waals surface area contributed by atoms with Gasteiger partial charge in [-0.3, -0.25) is 4.98 Å². The number of aryl methyl sites for hydroxylation is 2. The molecule has 140 valence electrons. The number of pyridine rings is 1. The Bertz CT molecular complexity index is 780. The van der Waals surface area contributed by atoms with Crippen LogP contribution < -0.4 is 11.1 Å². The van der Waals surface area contributed by atoms with Crippen molar-refractivity contribution in [2.75, 3.05) is 19.4 Å². The van der Waals surface area contributed by atoms with Gasteiger partial charge in [0.2, 0.25) is 0 Å². The van der Waals surface area contributed by atoms with Gasteiger partial charge in [0.1, 0.15) is 0 Å². The number of amides is 2. The van der Waals surface area contributed by atoms with Gasteiger partial charge in [-0.25, -0.2) is 4.79 Å². The fourth-order valence-corrected chi connectivity index (χ4v) is 2.99. The van der Waals surface area contributed by atoms with Crippen LogP contribution in [0.25, 0.3) is 11.1 Å². The van der Waals surface area contributed by atoms with Gasteiger partial charge in [0, 0.05) is 31.9 Å². The van der Waals surface area contributed by atoms with Gasteiger partial charge in [-0.15, -0.1) is 0 Å². The molecule has 0 radical (unpaired) electrons. The average molecular weight is 354 g/mol. The molecule has 0 bridgehead atoms. The summed E-state index contributed by atoms with van der Waals surface area (Å²) in [4.78, 5) is 18.6. The molecule has 2 amide bonds. The zero-order valence-corrected chi connectivity index (χ0v) is 16.7. The highest BCUT2D eigenvalue weighted by Gasteiger charge is 2.21. The number of rotatable bonds is 5. The van der Waals surface area contributed by atoms with Crippen LogP contribution in [0.5, 0.6) is 0 Å². The Morgan fingerprint density at radius 2 is 1.81 bits per heavy atom. The largest absolute Gasteiger partial charge is 0.331 e. The zero-order chi connectivity index (χ0) is 19.4. The number of carbonyl (C=O) groups is 1. The molecule has 1 heterocycles. The number of hydrogen-bond acceptors (Lipinski definition) is 3. The second-order valence-electron chi connectivity index (χ2n) is 7.37. The Hall–Kier alpha value is -2.40. The minimum absolute atomic E-state index is 0.178. The molecule has 0 aliphatic heterocycles. The molecule has 1 aromatic heterocycles. The SMILES string of the molecule is Cc1ccc(-c2c(CN)c(CC(C)C)nc(C)c2NC(=O)N(C)C)cc1. The number of aromatic nitrogens is 1. The van der Waals surface area contributed by atoms with E-state index in [1.54, 1.807) is 14.1 Å². The maximum absolute atomic E-state index is 12.3. The lowest BCUT2D eigenvalue weighted by Crippen LogP contribution is -2.28. The average Bonchev–Trinajstić information content (AvgIpc) is 2.57. The van der Waals surface area contributed by atoms with Crippen LogP contribution in [-0.2, 0) is 13.0 Å². The smallest absolute Gasteiger partial charge is 0.321 e. The molecule has 0 aliphatic rings. The molecule has 2 rings (SSSR count). The van der Waals surface area contributed by atoms with Gasteiger partial charge in [0.05, 0.1) is 11.4 Å². The number of hydrogen-bond donors (Lipinski definition) is 2. The number of nitrogens with two attached hydrogens (primary N) is 1. The Morgan fingerprint density at radius 1 is 1.19 bits per heavy atom. The molecule has 0 spiro atoms. The number of urea groups is 1. The second-order valence-corrected chi connectivity index (χ2v) is 7.37. The lowest BCUT2D eigenvalue weighted by Gasteiger charge is -2.22. The molecule has 0 fully saturated rings. The Balaban J connectivity index is 2.73. The van der Waals surface area contributed by atoms with Crippen LogP contribution in [0.2, 0.25) is 0 Å². The molecule has 26 heavy (non-hydrogen) atoms. The number of benzene rings is 1. The van der Waals surface area contributed by atoms with Crippen molar-refractivity contribution in [3.05, 3.63) is 46.8 Å². The standard InChI is InChI=1S/C21H30N4O/c1-13(2)11-18-17(12-22)19(16-9-7-14(3)8-10-16)20(15(4)23-18)24-21(26)25(5)6/h7-10,13H,11-12,22H2,1-6H3,(H,24,26). The van der Waals surface area contributed by atoms with Gasteiger partial charge in [0.15, 0.2) is 0 Å². The van der Waals surface area contributed by atoms with E-state index in [1.165, 1.54) is 10.5 Å². The summed E-state index contributed by atoms with van der Waals surface area (Å²) in [6.07, 6.45) is 0.855. The molecule has 1 aromatic carbocycles. The van der Waals surface area contributed by atoms with Crippen LogP contribution in [0.3, 0.4) is 0 Å². The molecule has 0 aliphatic carbocycles. The van der Waals surface area contributed by atoms with Gasteiger partial charge in [0.25, 0.3) is 0 Å². The van der Waals surface area contributed by atoms with Crippen molar-refractivity contribution in [1.82, 2.24) is 9.88 Å². The lowest BCUT2D eigenvalue weighted by molar-refractivity contribution is 0.230. The first kappa shape index (κ1) is 19.9. The third-order valence-electron chi connectivity index (χ3n) is 4.35. The lowest BCUT2D eigenvalue weighted by atomic mass is 9.92. The number of nitrogens with one attached hydrogen (secondary N) is 1. The summed E-state index contributed by atoms with van der Waals surface area (Å²) in [5.41, 5.74) is 12.9. The van der Waals surface area contributed by atoms with Crippen LogP contribution >= 0.6 is 0 Å². The summed E-state index contributed by atoms with van der Waals surface area (Å²) in [5.74, 6) is 0.472. The summed E-state index contributed by atoms with van der Waals surface area (Å²) in [7, 11) is 3.45. The van der Waals surface area contributed by atoms with E-state index in [-0.39, 0.29) is 6.03 Å². The van der Waals surface area contributed by atoms with Gasteiger partial charge in [-0.05, 0) is 37.3 Å². The highest BCUT2D eigenvalue weighted by atomic mass is 16.2. The van der Waals surface area contributed by atoms with Gasteiger partial charge < -0.3 is 16.0 Å². The van der Waals surface area contributed by atoms with Gasteiger partial charge in [-0.1, -0.05) is 43.7 Å². The van der Waals surface area contributed by atoms with Gasteiger partial charge >= 0.3 is 6.03 Å². The van der Waals surface area contributed by atoms with Crippen LogP contribution in [-0.4, -0.2) is 30.0 Å². The Kier molecular flexibility index (Phi) is 6.37. The summed E-state index contributed by atoms with van der Waals surface area (Å²) in [6, 6.07) is 8.13. The number of anilines is 1. The second kappa shape index (κ2) is 8.32. The van der Waals surface area contributed by atoms with E-state index in [2.05, 4.69) is 50.4 Å². The van der Waals surface area contributed by atoms with Crippen molar-refractivity contribution in [1.29, 1.82) is 0 Å². The molecule has 5 heteroatoms. The fourth-order valence-electron chi connectivity index (χ4n) is 2.99. The van der Waals surface area contributed by atoms with E-state index in [1.807, 2.05) is 6.92 Å². The quantitative estimate of drug-likeness (QED) is 0.848. The van der Waals surface area contributed by atoms with Crippen LogP contribution in [0.1, 0.15) is 36.4 Å². The molecule has 2 aromatic rings. The van der Waals surface area contributed by atoms with Crippen molar-refractivity contribution >= 4 is 11.7 Å². The number of nitrogens with zero attached hydrogens (tertiary/aromatic N) is 2. The summed E-state index contributed by atoms with van der Waals surface area (Å²) in [5, 5.41) is 3.02. The van der Waals surface area contributed by atoms with Crippen molar-refractivity contribution in [3.8, 4) is 11.1 Å². The third kappa shape index (κ3) is 4.41. The van der Waals surface area contributed by atoms with E-state index in [0.717, 1.165) is 40.2 Å². The predicted octanol–water partition coefficient (Wildman–Crippen LogP) is 4.12. The van der Waals surface area contributed by atoms with E-state index in [4.69, 9.17) is 10.7 Å². The zero-order valence-electron chi connectivity index (χ0n) is 16.7.